The van der Waals surface area contributed by atoms with Gasteiger partial charge in [0.15, 0.2) is 5.82 Å². The number of anilines is 1. The number of rotatable bonds is 5. The number of imidazole rings is 1. The van der Waals surface area contributed by atoms with Crippen molar-refractivity contribution in [3.8, 4) is 0 Å². The summed E-state index contributed by atoms with van der Waals surface area (Å²) < 4.78 is 11.2. The maximum Gasteiger partial charge on any atom is 0.413 e. The Morgan fingerprint density at radius 1 is 1.26 bits per heavy atom. The van der Waals surface area contributed by atoms with Gasteiger partial charge in [-0.25, -0.2) is 14.6 Å². The summed E-state index contributed by atoms with van der Waals surface area (Å²) in [6.07, 6.45) is 3.95. The SMILES string of the molecule is C/C=C(\C=C(/C)C(=O)OC)NC(=O)c1nc(NC(=O)OC(C)(C)C)cn1C. The zero-order valence-electron chi connectivity index (χ0n) is 16.7. The number of carbonyl (C=O) groups is 3. The Morgan fingerprint density at radius 2 is 1.89 bits per heavy atom. The molecule has 0 atom stereocenters. The summed E-state index contributed by atoms with van der Waals surface area (Å²) in [6, 6.07) is 0. The minimum atomic E-state index is -0.668. The Hall–Kier alpha value is -3.10. The van der Waals surface area contributed by atoms with Crippen molar-refractivity contribution in [1.29, 1.82) is 0 Å². The molecule has 27 heavy (non-hydrogen) atoms. The van der Waals surface area contributed by atoms with Gasteiger partial charge < -0.3 is 19.4 Å². The summed E-state index contributed by atoms with van der Waals surface area (Å²) in [5.74, 6) is -0.745. The van der Waals surface area contributed by atoms with Gasteiger partial charge in [-0.1, -0.05) is 6.08 Å². The van der Waals surface area contributed by atoms with E-state index in [1.54, 1.807) is 47.7 Å². The molecule has 2 N–H and O–H groups in total. The third-order valence-corrected chi connectivity index (χ3v) is 3.16. The molecule has 1 rings (SSSR count). The molecule has 0 radical (unpaired) electrons. The highest BCUT2D eigenvalue weighted by Crippen LogP contribution is 2.12. The number of methoxy groups -OCH3 is 1. The lowest BCUT2D eigenvalue weighted by Gasteiger charge is -2.18. The predicted octanol–water partition coefficient (Wildman–Crippen LogP) is 2.52. The number of amides is 2. The van der Waals surface area contributed by atoms with Gasteiger partial charge in [0.1, 0.15) is 5.60 Å². The molecule has 0 aliphatic carbocycles. The van der Waals surface area contributed by atoms with E-state index in [1.165, 1.54) is 23.9 Å². The number of aromatic nitrogens is 2. The van der Waals surface area contributed by atoms with Gasteiger partial charge in [-0.05, 0) is 40.7 Å². The highest BCUT2D eigenvalue weighted by molar-refractivity contribution is 5.94. The summed E-state index contributed by atoms with van der Waals surface area (Å²) in [7, 11) is 2.90. The van der Waals surface area contributed by atoms with Crippen LogP contribution in [0, 0.1) is 0 Å². The van der Waals surface area contributed by atoms with Crippen molar-refractivity contribution in [2.75, 3.05) is 12.4 Å². The van der Waals surface area contributed by atoms with Crippen molar-refractivity contribution in [2.45, 2.75) is 40.2 Å². The first-order chi connectivity index (χ1) is 12.5. The van der Waals surface area contributed by atoms with Crippen LogP contribution in [0.2, 0.25) is 0 Å². The first kappa shape index (κ1) is 21.9. The third-order valence-electron chi connectivity index (χ3n) is 3.16. The van der Waals surface area contributed by atoms with Crippen molar-refractivity contribution in [1.82, 2.24) is 14.9 Å². The molecule has 0 saturated heterocycles. The average Bonchev–Trinajstić information content (AvgIpc) is 2.91. The first-order valence-electron chi connectivity index (χ1n) is 8.24. The van der Waals surface area contributed by atoms with E-state index in [9.17, 15) is 14.4 Å². The fourth-order valence-electron chi connectivity index (χ4n) is 1.98. The quantitative estimate of drug-likeness (QED) is 0.463. The fraction of sp³-hybridized carbons (Fsp3) is 0.444. The van der Waals surface area contributed by atoms with Crippen LogP contribution in [-0.2, 0) is 21.3 Å². The van der Waals surface area contributed by atoms with Crippen LogP contribution in [0.3, 0.4) is 0 Å². The molecule has 9 heteroatoms. The van der Waals surface area contributed by atoms with Gasteiger partial charge >= 0.3 is 12.1 Å². The zero-order valence-corrected chi connectivity index (χ0v) is 16.7. The summed E-state index contributed by atoms with van der Waals surface area (Å²) in [4.78, 5) is 39.8. The van der Waals surface area contributed by atoms with Crippen molar-refractivity contribution in [3.05, 3.63) is 35.4 Å². The number of aryl methyl sites for hydroxylation is 1. The lowest BCUT2D eigenvalue weighted by atomic mass is 10.2. The van der Waals surface area contributed by atoms with Crippen LogP contribution >= 0.6 is 0 Å². The molecule has 0 aromatic carbocycles. The van der Waals surface area contributed by atoms with Crippen LogP contribution < -0.4 is 10.6 Å². The summed E-state index contributed by atoms with van der Waals surface area (Å²) >= 11 is 0. The average molecular weight is 378 g/mol. The summed E-state index contributed by atoms with van der Waals surface area (Å²) in [6.45, 7) is 8.51. The molecule has 1 aromatic heterocycles. The third kappa shape index (κ3) is 6.96. The van der Waals surface area contributed by atoms with Crippen LogP contribution in [0.1, 0.15) is 45.2 Å². The lowest BCUT2D eigenvalue weighted by molar-refractivity contribution is -0.136. The van der Waals surface area contributed by atoms with E-state index in [2.05, 4.69) is 20.4 Å². The van der Waals surface area contributed by atoms with Crippen molar-refractivity contribution < 1.29 is 23.9 Å². The Morgan fingerprint density at radius 3 is 2.41 bits per heavy atom. The zero-order chi connectivity index (χ0) is 20.8. The van der Waals surface area contributed by atoms with E-state index < -0.39 is 23.6 Å². The Labute approximate surface area is 158 Å². The van der Waals surface area contributed by atoms with E-state index in [0.717, 1.165) is 0 Å². The number of nitrogens with one attached hydrogen (secondary N) is 2. The second-order valence-corrected chi connectivity index (χ2v) is 6.70. The molecule has 0 saturated carbocycles. The van der Waals surface area contributed by atoms with E-state index in [1.807, 2.05) is 0 Å². The Kier molecular flexibility index (Phi) is 7.33. The van der Waals surface area contributed by atoms with Crippen molar-refractivity contribution in [3.63, 3.8) is 0 Å². The second kappa shape index (κ2) is 9.02. The normalized spacial score (nSPS) is 12.4. The molecular formula is C18H26N4O5. The van der Waals surface area contributed by atoms with Gasteiger partial charge in [0.05, 0.1) is 7.11 Å². The number of carbonyl (C=O) groups excluding carboxylic acids is 3. The summed E-state index contributed by atoms with van der Waals surface area (Å²) in [5, 5.41) is 5.13. The van der Waals surface area contributed by atoms with Gasteiger partial charge in [-0.15, -0.1) is 0 Å². The number of allylic oxidation sites excluding steroid dienone is 2. The molecule has 9 nitrogen and oxygen atoms in total. The van der Waals surface area contributed by atoms with Crippen LogP contribution in [-0.4, -0.2) is 40.2 Å². The molecule has 2 amide bonds. The topological polar surface area (TPSA) is 112 Å². The molecule has 0 aliphatic rings. The number of esters is 1. The van der Waals surface area contributed by atoms with Crippen molar-refractivity contribution in [2.24, 2.45) is 7.05 Å². The van der Waals surface area contributed by atoms with E-state index in [4.69, 9.17) is 4.74 Å². The molecule has 148 valence electrons. The fourth-order valence-corrected chi connectivity index (χ4v) is 1.98. The largest absolute Gasteiger partial charge is 0.466 e. The lowest BCUT2D eigenvalue weighted by Crippen LogP contribution is -2.27. The van der Waals surface area contributed by atoms with E-state index in [0.29, 0.717) is 11.3 Å². The number of hydrogen-bond acceptors (Lipinski definition) is 6. The van der Waals surface area contributed by atoms with Crippen LogP contribution in [0.5, 0.6) is 0 Å². The van der Waals surface area contributed by atoms with E-state index in [-0.39, 0.29) is 11.6 Å². The maximum atomic E-state index is 12.5. The standard InChI is InChI=1S/C18H26N4O5/c1-8-12(9-11(2)16(24)26-7)19-15(23)14-20-13(10-22(14)6)21-17(25)27-18(3,4)5/h8-10H,1-7H3,(H,19,23)(H,21,25)/b11-9+,12-8+. The van der Waals surface area contributed by atoms with Gasteiger partial charge in [0.2, 0.25) is 5.82 Å². The minimum Gasteiger partial charge on any atom is -0.466 e. The van der Waals surface area contributed by atoms with Crippen LogP contribution in [0.15, 0.2) is 29.6 Å². The monoisotopic (exact) mass is 378 g/mol. The van der Waals surface area contributed by atoms with Crippen molar-refractivity contribution >= 4 is 23.8 Å². The molecule has 0 spiro atoms. The number of hydrogen-bond donors (Lipinski definition) is 2. The molecule has 0 aliphatic heterocycles. The first-order valence-corrected chi connectivity index (χ1v) is 8.24. The molecule has 1 heterocycles. The molecule has 0 bridgehead atoms. The highest BCUT2D eigenvalue weighted by atomic mass is 16.6. The smallest absolute Gasteiger partial charge is 0.413 e. The predicted molar refractivity (Wildman–Crippen MR) is 100 cm³/mol. The Balaban J connectivity index is 2.88. The molecule has 0 fully saturated rings. The van der Waals surface area contributed by atoms with Gasteiger partial charge in [-0.2, -0.15) is 0 Å². The van der Waals surface area contributed by atoms with Gasteiger partial charge in [0.25, 0.3) is 5.91 Å². The molecular weight excluding hydrogens is 352 g/mol. The molecule has 1 aromatic rings. The summed E-state index contributed by atoms with van der Waals surface area (Å²) in [5.41, 5.74) is 0.0922. The number of ether oxygens (including phenoxy) is 2. The van der Waals surface area contributed by atoms with Crippen LogP contribution in [0.25, 0.3) is 0 Å². The minimum absolute atomic E-state index is 0.0736. The van der Waals surface area contributed by atoms with E-state index >= 15 is 0 Å². The maximum absolute atomic E-state index is 12.5. The molecule has 0 unspecified atom stereocenters. The van der Waals surface area contributed by atoms with Crippen LogP contribution in [0.4, 0.5) is 10.6 Å². The van der Waals surface area contributed by atoms with Gasteiger partial charge in [0, 0.05) is 24.5 Å². The second-order valence-electron chi connectivity index (χ2n) is 6.70. The number of nitrogens with zero attached hydrogens (tertiary/aromatic N) is 2. The van der Waals surface area contributed by atoms with Gasteiger partial charge in [-0.3, -0.25) is 10.1 Å². The highest BCUT2D eigenvalue weighted by Gasteiger charge is 2.19. The Bertz CT molecular complexity index is 784.